The fourth-order valence-electron chi connectivity index (χ4n) is 3.61. The number of carbonyl (C=O) groups is 1. The maximum absolute atomic E-state index is 13.3. The van der Waals surface area contributed by atoms with Gasteiger partial charge in [-0.05, 0) is 53.4 Å². The molecule has 2 heterocycles. The first-order valence-electron chi connectivity index (χ1n) is 10.9. The van der Waals surface area contributed by atoms with Crippen LogP contribution in [0.3, 0.4) is 0 Å². The van der Waals surface area contributed by atoms with Gasteiger partial charge in [0.25, 0.3) is 0 Å². The first-order valence-corrected chi connectivity index (χ1v) is 13.2. The van der Waals surface area contributed by atoms with Crippen LogP contribution < -0.4 is 14.2 Å². The van der Waals surface area contributed by atoms with Gasteiger partial charge in [0.15, 0.2) is 5.78 Å². The number of thiophene rings is 1. The van der Waals surface area contributed by atoms with E-state index in [1.807, 2.05) is 23.6 Å². The molecule has 2 aromatic carbocycles. The number of sulfonamides is 1. The zero-order valence-corrected chi connectivity index (χ0v) is 21.4. The van der Waals surface area contributed by atoms with Gasteiger partial charge in [-0.3, -0.25) is 9.78 Å². The summed E-state index contributed by atoms with van der Waals surface area (Å²) in [5.41, 5.74) is 2.61. The molecule has 0 bridgehead atoms. The van der Waals surface area contributed by atoms with Crippen LogP contribution in [0.5, 0.6) is 11.5 Å². The highest BCUT2D eigenvalue weighted by Crippen LogP contribution is 2.40. The van der Waals surface area contributed by atoms with Crippen LogP contribution in [-0.4, -0.2) is 33.4 Å². The highest BCUT2D eigenvalue weighted by molar-refractivity contribution is 7.89. The van der Waals surface area contributed by atoms with Gasteiger partial charge in [-0.15, -0.1) is 11.3 Å². The third kappa shape index (κ3) is 5.38. The number of benzene rings is 2. The first-order chi connectivity index (χ1) is 17.3. The Labute approximate surface area is 214 Å². The molecule has 0 atom stereocenters. The number of carbonyl (C=O) groups excluding carboxylic acids is 1. The monoisotopic (exact) mass is 520 g/mol. The van der Waals surface area contributed by atoms with Crippen molar-refractivity contribution in [3.8, 4) is 21.9 Å². The van der Waals surface area contributed by atoms with Crippen molar-refractivity contribution < 1.29 is 22.7 Å². The predicted molar refractivity (Wildman–Crippen MR) is 141 cm³/mol. The number of hydrogen-bond donors (Lipinski definition) is 1. The lowest BCUT2D eigenvalue weighted by molar-refractivity contribution is 0.105. The number of ketones is 1. The second-order valence-electron chi connectivity index (χ2n) is 7.75. The van der Waals surface area contributed by atoms with Crippen LogP contribution in [0.1, 0.15) is 21.5 Å². The Morgan fingerprint density at radius 2 is 1.78 bits per heavy atom. The van der Waals surface area contributed by atoms with Crippen molar-refractivity contribution in [2.75, 3.05) is 14.2 Å². The van der Waals surface area contributed by atoms with Crippen molar-refractivity contribution in [1.29, 1.82) is 0 Å². The molecule has 0 aliphatic heterocycles. The Bertz CT molecular complexity index is 1480. The molecule has 0 radical (unpaired) electrons. The molecule has 0 unspecified atom stereocenters. The van der Waals surface area contributed by atoms with Crippen molar-refractivity contribution in [3.63, 3.8) is 0 Å². The Morgan fingerprint density at radius 3 is 2.39 bits per heavy atom. The molecule has 0 aliphatic rings. The third-order valence-corrected chi connectivity index (χ3v) is 7.84. The van der Waals surface area contributed by atoms with E-state index < -0.39 is 10.0 Å². The molecule has 0 saturated heterocycles. The number of pyridine rings is 1. The topological polar surface area (TPSA) is 94.6 Å². The summed E-state index contributed by atoms with van der Waals surface area (Å²) in [6.07, 6.45) is 3.21. The molecule has 9 heteroatoms. The summed E-state index contributed by atoms with van der Waals surface area (Å²) in [6, 6.07) is 16.7. The summed E-state index contributed by atoms with van der Waals surface area (Å²) >= 11 is 1.55. The summed E-state index contributed by atoms with van der Waals surface area (Å²) in [4.78, 5) is 18.3. The maximum Gasteiger partial charge on any atom is 0.240 e. The molecule has 7 nitrogen and oxygen atoms in total. The molecule has 0 amide bonds. The van der Waals surface area contributed by atoms with Gasteiger partial charge in [0, 0.05) is 52.1 Å². The van der Waals surface area contributed by atoms with Crippen molar-refractivity contribution in [1.82, 2.24) is 9.71 Å². The third-order valence-electron chi connectivity index (χ3n) is 5.52. The number of aromatic nitrogens is 1. The van der Waals surface area contributed by atoms with E-state index in [9.17, 15) is 13.2 Å². The lowest BCUT2D eigenvalue weighted by atomic mass is 9.95. The first kappa shape index (κ1) is 25.3. The van der Waals surface area contributed by atoms with Gasteiger partial charge in [-0.2, -0.15) is 0 Å². The maximum atomic E-state index is 13.3. The Balaban J connectivity index is 1.57. The highest BCUT2D eigenvalue weighted by Gasteiger charge is 2.21. The van der Waals surface area contributed by atoms with E-state index in [0.29, 0.717) is 22.6 Å². The number of nitrogens with one attached hydrogen (secondary N) is 1. The molecule has 0 saturated carbocycles. The van der Waals surface area contributed by atoms with Crippen molar-refractivity contribution in [2.45, 2.75) is 11.4 Å². The van der Waals surface area contributed by atoms with Crippen molar-refractivity contribution in [3.05, 3.63) is 102 Å². The lowest BCUT2D eigenvalue weighted by Gasteiger charge is -2.15. The van der Waals surface area contributed by atoms with Crippen LogP contribution >= 0.6 is 11.3 Å². The van der Waals surface area contributed by atoms with Crippen LogP contribution in [0.4, 0.5) is 0 Å². The lowest BCUT2D eigenvalue weighted by Crippen LogP contribution is -2.23. The molecule has 4 aromatic rings. The minimum atomic E-state index is -3.77. The average Bonchev–Trinajstić information content (AvgIpc) is 3.46. The van der Waals surface area contributed by atoms with Crippen LogP contribution in [0.2, 0.25) is 0 Å². The quantitative estimate of drug-likeness (QED) is 0.228. The number of hydrogen-bond acceptors (Lipinski definition) is 7. The van der Waals surface area contributed by atoms with E-state index in [2.05, 4.69) is 16.3 Å². The number of Topliss-reactive ketones (excluding diaryl/α,β-unsaturated/α-hetero) is 1. The molecule has 0 fully saturated rings. The SMILES string of the molecule is C=C(C(=O)c1ccc(S(=O)(=O)NCc2cccnc2)cc1)c1cc(-c2cccs2)c(OC)cc1OC. The summed E-state index contributed by atoms with van der Waals surface area (Å²) in [5, 5.41) is 1.96. The van der Waals surface area contributed by atoms with Gasteiger partial charge < -0.3 is 9.47 Å². The van der Waals surface area contributed by atoms with E-state index in [1.54, 1.807) is 49.0 Å². The standard InChI is InChI=1S/C27H24N2O5S2/c1-18(22-14-23(26-7-5-13-35-26)25(34-3)15-24(22)33-2)27(30)20-8-10-21(11-9-20)36(31,32)29-17-19-6-4-12-28-16-19/h4-16,29H,1,17H2,2-3H3. The van der Waals surface area contributed by atoms with Gasteiger partial charge in [0.05, 0.1) is 19.1 Å². The molecule has 36 heavy (non-hydrogen) atoms. The van der Waals surface area contributed by atoms with Gasteiger partial charge in [0.2, 0.25) is 10.0 Å². The van der Waals surface area contributed by atoms with Gasteiger partial charge in [0.1, 0.15) is 11.5 Å². The van der Waals surface area contributed by atoms with E-state index in [1.165, 1.54) is 31.4 Å². The largest absolute Gasteiger partial charge is 0.496 e. The van der Waals surface area contributed by atoms with Crippen molar-refractivity contribution in [2.24, 2.45) is 0 Å². The second-order valence-corrected chi connectivity index (χ2v) is 10.5. The fourth-order valence-corrected chi connectivity index (χ4v) is 5.37. The van der Waals surface area contributed by atoms with Crippen molar-refractivity contribution >= 4 is 32.7 Å². The predicted octanol–water partition coefficient (Wildman–Crippen LogP) is 5.20. The average molecular weight is 521 g/mol. The minimum Gasteiger partial charge on any atom is -0.496 e. The number of allylic oxidation sites excluding steroid dienone is 1. The summed E-state index contributed by atoms with van der Waals surface area (Å²) in [7, 11) is -0.678. The Hall–Kier alpha value is -3.79. The zero-order valence-electron chi connectivity index (χ0n) is 19.7. The smallest absolute Gasteiger partial charge is 0.240 e. The van der Waals surface area contributed by atoms with E-state index in [-0.39, 0.29) is 22.8 Å². The fraction of sp³-hybridized carbons (Fsp3) is 0.111. The molecule has 0 aliphatic carbocycles. The van der Waals surface area contributed by atoms with Gasteiger partial charge in [-0.25, -0.2) is 13.1 Å². The number of nitrogens with zero attached hydrogens (tertiary/aromatic N) is 1. The molecule has 184 valence electrons. The number of ether oxygens (including phenoxy) is 2. The van der Waals surface area contributed by atoms with Crippen LogP contribution in [0, 0.1) is 0 Å². The molecule has 0 spiro atoms. The summed E-state index contributed by atoms with van der Waals surface area (Å²) in [6.45, 7) is 4.13. The Kier molecular flexibility index (Phi) is 7.64. The molecular weight excluding hydrogens is 496 g/mol. The molecular formula is C27H24N2O5S2. The van der Waals surface area contributed by atoms with Gasteiger partial charge in [-0.1, -0.05) is 18.7 Å². The van der Waals surface area contributed by atoms with E-state index in [4.69, 9.17) is 9.47 Å². The minimum absolute atomic E-state index is 0.0514. The highest BCUT2D eigenvalue weighted by atomic mass is 32.2. The zero-order chi connectivity index (χ0) is 25.7. The van der Waals surface area contributed by atoms with Gasteiger partial charge >= 0.3 is 0 Å². The number of rotatable bonds is 10. The summed E-state index contributed by atoms with van der Waals surface area (Å²) < 4.78 is 38.9. The number of methoxy groups -OCH3 is 2. The summed E-state index contributed by atoms with van der Waals surface area (Å²) in [5.74, 6) is 0.721. The van der Waals surface area contributed by atoms with Crippen LogP contribution in [0.25, 0.3) is 16.0 Å². The van der Waals surface area contributed by atoms with Crippen LogP contribution in [-0.2, 0) is 16.6 Å². The van der Waals surface area contributed by atoms with Crippen LogP contribution in [0.15, 0.2) is 89.9 Å². The van der Waals surface area contributed by atoms with E-state index in [0.717, 1.165) is 16.0 Å². The molecule has 2 aromatic heterocycles. The normalized spacial score (nSPS) is 11.2. The van der Waals surface area contributed by atoms with E-state index >= 15 is 0 Å². The molecule has 1 N–H and O–H groups in total. The Morgan fingerprint density at radius 1 is 1.03 bits per heavy atom. The second kappa shape index (κ2) is 10.9. The molecule has 4 rings (SSSR count).